The predicted octanol–water partition coefficient (Wildman–Crippen LogP) is 2.13. The minimum absolute atomic E-state index is 0.233. The largest absolute Gasteiger partial charge is 0.368 e. The van der Waals surface area contributed by atoms with Gasteiger partial charge in [0.25, 0.3) is 0 Å². The average molecular weight is 283 g/mol. The van der Waals surface area contributed by atoms with Gasteiger partial charge in [-0.2, -0.15) is 0 Å². The van der Waals surface area contributed by atoms with Crippen LogP contribution >= 0.6 is 0 Å². The van der Waals surface area contributed by atoms with Crippen LogP contribution in [-0.2, 0) is 4.79 Å². The first-order valence-corrected chi connectivity index (χ1v) is 8.29. The summed E-state index contributed by atoms with van der Waals surface area (Å²) in [6.45, 7) is 10.7. The number of amides is 1. The highest BCUT2D eigenvalue weighted by molar-refractivity contribution is 5.84. The molecule has 1 aliphatic heterocycles. The van der Waals surface area contributed by atoms with Gasteiger partial charge in [-0.15, -0.1) is 0 Å². The van der Waals surface area contributed by atoms with Crippen LogP contribution < -0.4 is 11.1 Å². The Hall–Kier alpha value is -0.610. The fourth-order valence-electron chi connectivity index (χ4n) is 3.12. The molecule has 1 heterocycles. The van der Waals surface area contributed by atoms with Gasteiger partial charge in [0.15, 0.2) is 0 Å². The summed E-state index contributed by atoms with van der Waals surface area (Å²) in [5.41, 5.74) is 4.96. The highest BCUT2D eigenvalue weighted by Gasteiger charge is 2.29. The van der Waals surface area contributed by atoms with Gasteiger partial charge in [-0.05, 0) is 71.1 Å². The van der Waals surface area contributed by atoms with Crippen molar-refractivity contribution in [3.63, 3.8) is 0 Å². The number of carbonyl (C=O) groups is 1. The monoisotopic (exact) mass is 283 g/mol. The molecule has 0 aromatic rings. The molecule has 0 radical (unpaired) electrons. The highest BCUT2D eigenvalue weighted by atomic mass is 16.1. The normalized spacial score (nSPS) is 20.8. The molecule has 1 unspecified atom stereocenters. The number of nitrogens with two attached hydrogens (primary N) is 1. The second-order valence-electron chi connectivity index (χ2n) is 6.38. The van der Waals surface area contributed by atoms with Crippen molar-refractivity contribution in [1.82, 2.24) is 10.2 Å². The number of nitrogens with zero attached hydrogens (tertiary/aromatic N) is 1. The van der Waals surface area contributed by atoms with Crippen LogP contribution in [-0.4, -0.2) is 42.5 Å². The number of carbonyl (C=O) groups excluding carboxylic acids is 1. The van der Waals surface area contributed by atoms with Crippen molar-refractivity contribution >= 4 is 5.91 Å². The summed E-state index contributed by atoms with van der Waals surface area (Å²) in [7, 11) is 0. The predicted molar refractivity (Wildman–Crippen MR) is 84.6 cm³/mol. The molecule has 4 nitrogen and oxygen atoms in total. The van der Waals surface area contributed by atoms with E-state index >= 15 is 0 Å². The minimum Gasteiger partial charge on any atom is -0.368 e. The summed E-state index contributed by atoms with van der Waals surface area (Å²) >= 11 is 0. The van der Waals surface area contributed by atoms with Gasteiger partial charge in [0.2, 0.25) is 5.91 Å². The van der Waals surface area contributed by atoms with Gasteiger partial charge >= 0.3 is 0 Å². The molecule has 1 saturated heterocycles. The van der Waals surface area contributed by atoms with Crippen molar-refractivity contribution in [2.45, 2.75) is 64.8 Å². The number of likely N-dealkylation sites (tertiary alicyclic amines) is 1. The molecule has 0 aliphatic carbocycles. The van der Waals surface area contributed by atoms with E-state index in [9.17, 15) is 4.79 Å². The Labute approximate surface area is 124 Å². The fraction of sp³-hybridized carbons (Fsp3) is 0.938. The minimum atomic E-state index is -0.538. The lowest BCUT2D eigenvalue weighted by Gasteiger charge is -2.32. The molecule has 1 fully saturated rings. The first-order valence-electron chi connectivity index (χ1n) is 8.29. The molecule has 4 heteroatoms. The maximum absolute atomic E-state index is 11.5. The Morgan fingerprint density at radius 2 is 1.95 bits per heavy atom. The molecule has 0 bridgehead atoms. The van der Waals surface area contributed by atoms with Crippen LogP contribution in [0.3, 0.4) is 0 Å². The van der Waals surface area contributed by atoms with Gasteiger partial charge in [0.1, 0.15) is 0 Å². The van der Waals surface area contributed by atoms with Crippen molar-refractivity contribution in [3.05, 3.63) is 0 Å². The van der Waals surface area contributed by atoms with Gasteiger partial charge in [0.05, 0.1) is 5.54 Å². The Kier molecular flexibility index (Phi) is 7.52. The van der Waals surface area contributed by atoms with Gasteiger partial charge in [-0.3, -0.25) is 4.79 Å². The third-order valence-corrected chi connectivity index (χ3v) is 4.80. The number of hydrogen-bond donors (Lipinski definition) is 2. The lowest BCUT2D eigenvalue weighted by molar-refractivity contribution is -0.124. The second-order valence-corrected chi connectivity index (χ2v) is 6.38. The van der Waals surface area contributed by atoms with E-state index in [-0.39, 0.29) is 5.91 Å². The van der Waals surface area contributed by atoms with E-state index in [0.29, 0.717) is 0 Å². The van der Waals surface area contributed by atoms with Crippen molar-refractivity contribution in [2.24, 2.45) is 11.7 Å². The SMILES string of the molecule is CCNC(C)(CCCCN1CCC(CC)CC1)C(N)=O. The van der Waals surface area contributed by atoms with Gasteiger partial charge in [-0.25, -0.2) is 0 Å². The van der Waals surface area contributed by atoms with E-state index in [1.54, 1.807) is 0 Å². The average Bonchev–Trinajstić information content (AvgIpc) is 2.44. The maximum Gasteiger partial charge on any atom is 0.237 e. The number of primary amides is 1. The van der Waals surface area contributed by atoms with Gasteiger partial charge in [0, 0.05) is 0 Å². The number of hydrogen-bond acceptors (Lipinski definition) is 3. The van der Waals surface area contributed by atoms with Crippen LogP contribution in [0.1, 0.15) is 59.3 Å². The van der Waals surface area contributed by atoms with E-state index in [2.05, 4.69) is 17.1 Å². The summed E-state index contributed by atoms with van der Waals surface area (Å²) in [5, 5.41) is 3.22. The zero-order valence-corrected chi connectivity index (χ0v) is 13.6. The van der Waals surface area contributed by atoms with Crippen LogP contribution in [0.2, 0.25) is 0 Å². The van der Waals surface area contributed by atoms with Gasteiger partial charge in [-0.1, -0.05) is 20.3 Å². The van der Waals surface area contributed by atoms with E-state index in [4.69, 9.17) is 5.73 Å². The second kappa shape index (κ2) is 8.63. The molecule has 0 spiro atoms. The van der Waals surface area contributed by atoms with E-state index < -0.39 is 5.54 Å². The molecule has 118 valence electrons. The molecular weight excluding hydrogens is 250 g/mol. The summed E-state index contributed by atoms with van der Waals surface area (Å²) in [6, 6.07) is 0. The zero-order valence-electron chi connectivity index (χ0n) is 13.6. The molecule has 1 rings (SSSR count). The summed E-state index contributed by atoms with van der Waals surface area (Å²) in [5.74, 6) is 0.710. The van der Waals surface area contributed by atoms with Crippen molar-refractivity contribution in [3.8, 4) is 0 Å². The quantitative estimate of drug-likeness (QED) is 0.637. The number of rotatable bonds is 9. The van der Waals surface area contributed by atoms with Crippen LogP contribution in [0.4, 0.5) is 0 Å². The van der Waals surface area contributed by atoms with E-state index in [0.717, 1.165) is 38.3 Å². The molecule has 0 saturated carbocycles. The Morgan fingerprint density at radius 1 is 1.30 bits per heavy atom. The number of likely N-dealkylation sites (N-methyl/N-ethyl adjacent to an activating group) is 1. The summed E-state index contributed by atoms with van der Waals surface area (Å²) in [6.07, 6.45) is 7.08. The molecule has 1 atom stereocenters. The van der Waals surface area contributed by atoms with Crippen LogP contribution in [0.25, 0.3) is 0 Å². The Balaban J connectivity index is 2.19. The number of nitrogens with one attached hydrogen (secondary N) is 1. The first kappa shape index (κ1) is 17.4. The first-order chi connectivity index (χ1) is 9.51. The van der Waals surface area contributed by atoms with E-state index in [1.807, 2.05) is 13.8 Å². The summed E-state index contributed by atoms with van der Waals surface area (Å²) < 4.78 is 0. The molecule has 3 N–H and O–H groups in total. The van der Waals surface area contributed by atoms with E-state index in [1.165, 1.54) is 32.4 Å². The fourth-order valence-corrected chi connectivity index (χ4v) is 3.12. The molecule has 0 aromatic carbocycles. The van der Waals surface area contributed by atoms with Crippen molar-refractivity contribution in [2.75, 3.05) is 26.2 Å². The number of unbranched alkanes of at least 4 members (excludes halogenated alkanes) is 1. The lowest BCUT2D eigenvalue weighted by atomic mass is 9.92. The third-order valence-electron chi connectivity index (χ3n) is 4.80. The zero-order chi connectivity index (χ0) is 15.0. The van der Waals surface area contributed by atoms with Crippen LogP contribution in [0.5, 0.6) is 0 Å². The Bertz CT molecular complexity index is 287. The maximum atomic E-state index is 11.5. The lowest BCUT2D eigenvalue weighted by Crippen LogP contribution is -2.53. The highest BCUT2D eigenvalue weighted by Crippen LogP contribution is 2.20. The number of piperidine rings is 1. The smallest absolute Gasteiger partial charge is 0.237 e. The third kappa shape index (κ3) is 5.41. The van der Waals surface area contributed by atoms with Crippen LogP contribution in [0.15, 0.2) is 0 Å². The molecule has 20 heavy (non-hydrogen) atoms. The summed E-state index contributed by atoms with van der Waals surface area (Å²) in [4.78, 5) is 14.1. The molecular formula is C16H33N3O. The van der Waals surface area contributed by atoms with Crippen LogP contribution in [0, 0.1) is 5.92 Å². The standard InChI is InChI=1S/C16H33N3O/c1-4-14-8-12-19(13-9-14)11-7-6-10-16(3,15(17)20)18-5-2/h14,18H,4-13H2,1-3H3,(H2,17,20). The Morgan fingerprint density at radius 3 is 2.45 bits per heavy atom. The van der Waals surface area contributed by atoms with Crippen molar-refractivity contribution in [1.29, 1.82) is 0 Å². The van der Waals surface area contributed by atoms with Gasteiger partial charge < -0.3 is 16.0 Å². The molecule has 0 aromatic heterocycles. The van der Waals surface area contributed by atoms with Crippen molar-refractivity contribution < 1.29 is 4.79 Å². The topological polar surface area (TPSA) is 58.4 Å². The molecule has 1 amide bonds. The molecule has 1 aliphatic rings.